The lowest BCUT2D eigenvalue weighted by molar-refractivity contribution is 0.181. The minimum atomic E-state index is -3.51. The first-order chi connectivity index (χ1) is 16.7. The average molecular weight is 518 g/mol. The van der Waals surface area contributed by atoms with E-state index < -0.39 is 25.7 Å². The van der Waals surface area contributed by atoms with Gasteiger partial charge in [-0.05, 0) is 66.3 Å². The van der Waals surface area contributed by atoms with Gasteiger partial charge in [0.15, 0.2) is 17.5 Å². The Hall–Kier alpha value is -2.95. The molecule has 2 aliphatic heterocycles. The second-order valence-corrected chi connectivity index (χ2v) is 12.5. The maximum Gasteiger partial charge on any atom is 0.243 e. The normalized spacial score (nSPS) is 18.1. The quantitative estimate of drug-likeness (QED) is 0.489. The van der Waals surface area contributed by atoms with Crippen LogP contribution in [-0.2, 0) is 19.9 Å². The zero-order valence-corrected chi connectivity index (χ0v) is 20.4. The fraction of sp³-hybridized carbons (Fsp3) is 0.280. The number of benzene rings is 3. The molecule has 0 spiro atoms. The van der Waals surface area contributed by atoms with Crippen molar-refractivity contribution in [1.82, 2.24) is 4.31 Å². The minimum absolute atomic E-state index is 0.118. The van der Waals surface area contributed by atoms with Crippen molar-refractivity contribution in [2.24, 2.45) is 5.92 Å². The van der Waals surface area contributed by atoms with Gasteiger partial charge in [0.2, 0.25) is 19.9 Å². The van der Waals surface area contributed by atoms with Crippen LogP contribution in [0.1, 0.15) is 12.8 Å². The van der Waals surface area contributed by atoms with E-state index in [1.54, 1.807) is 54.6 Å². The molecule has 1 saturated heterocycles. The maximum absolute atomic E-state index is 14.8. The number of halogens is 1. The van der Waals surface area contributed by atoms with Crippen molar-refractivity contribution in [3.63, 3.8) is 0 Å². The van der Waals surface area contributed by atoms with E-state index >= 15 is 0 Å². The molecule has 184 valence electrons. The average Bonchev–Trinajstić information content (AvgIpc) is 3.18. The molecule has 0 radical (unpaired) electrons. The Kier molecular flexibility index (Phi) is 6.29. The zero-order chi connectivity index (χ0) is 24.6. The largest absolute Gasteiger partial charge is 0.490 e. The number of hydrogen-bond donors (Lipinski definition) is 0. The summed E-state index contributed by atoms with van der Waals surface area (Å²) < 4.78 is 76.5. The molecule has 0 aromatic heterocycles. The second kappa shape index (κ2) is 9.25. The molecule has 1 fully saturated rings. The summed E-state index contributed by atoms with van der Waals surface area (Å²) in [5.41, 5.74) is 1.21. The predicted octanol–water partition coefficient (Wildman–Crippen LogP) is 4.10. The Morgan fingerprint density at radius 1 is 0.971 bits per heavy atom. The summed E-state index contributed by atoms with van der Waals surface area (Å²) in [6.45, 7) is 1.08. The molecule has 3 aromatic rings. The standard InChI is InChI=1S/C25H24FNO6S2/c26-22-14-19(20-7-9-25-24(15-20)33-17-34(25,28)29)6-8-23(22)32-16-18-10-12-27(13-11-18)35(30,31)21-4-2-1-3-5-21/h1-9,14-15,18H,10-13,16-17H2. The number of rotatable bonds is 6. The molecule has 7 nitrogen and oxygen atoms in total. The summed E-state index contributed by atoms with van der Waals surface area (Å²) in [5, 5.41) is 0. The third-order valence-electron chi connectivity index (χ3n) is 6.34. The van der Waals surface area contributed by atoms with Gasteiger partial charge in [-0.2, -0.15) is 4.31 Å². The highest BCUT2D eigenvalue weighted by Crippen LogP contribution is 2.36. The van der Waals surface area contributed by atoms with Crippen molar-refractivity contribution < 1.29 is 30.7 Å². The molecule has 2 aliphatic rings. The molecular formula is C25H24FNO6S2. The SMILES string of the molecule is O=S1(=O)COc2cc(-c3ccc(OCC4CCN(S(=O)(=O)c5ccccc5)CC4)c(F)c3)ccc21. The lowest BCUT2D eigenvalue weighted by Gasteiger charge is -2.31. The van der Waals surface area contributed by atoms with Crippen LogP contribution in [0.3, 0.4) is 0 Å². The number of ether oxygens (including phenoxy) is 2. The fourth-order valence-electron chi connectivity index (χ4n) is 4.32. The molecule has 0 unspecified atom stereocenters. The number of nitrogens with zero attached hydrogens (tertiary/aromatic N) is 1. The van der Waals surface area contributed by atoms with Crippen LogP contribution in [0, 0.1) is 11.7 Å². The van der Waals surface area contributed by atoms with Gasteiger partial charge in [0, 0.05) is 13.1 Å². The van der Waals surface area contributed by atoms with Crippen molar-refractivity contribution in [1.29, 1.82) is 0 Å². The van der Waals surface area contributed by atoms with Gasteiger partial charge >= 0.3 is 0 Å². The van der Waals surface area contributed by atoms with E-state index in [0.717, 1.165) is 0 Å². The van der Waals surface area contributed by atoms with Crippen molar-refractivity contribution in [2.75, 3.05) is 25.6 Å². The molecule has 10 heteroatoms. The lowest BCUT2D eigenvalue weighted by atomic mass is 9.99. The van der Waals surface area contributed by atoms with Crippen LogP contribution in [0.5, 0.6) is 11.5 Å². The first-order valence-electron chi connectivity index (χ1n) is 11.2. The highest BCUT2D eigenvalue weighted by molar-refractivity contribution is 7.91. The van der Waals surface area contributed by atoms with E-state index in [9.17, 15) is 21.2 Å². The van der Waals surface area contributed by atoms with Gasteiger partial charge in [0.25, 0.3) is 0 Å². The van der Waals surface area contributed by atoms with Gasteiger partial charge in [-0.3, -0.25) is 0 Å². The summed E-state index contributed by atoms with van der Waals surface area (Å²) >= 11 is 0. The highest BCUT2D eigenvalue weighted by Gasteiger charge is 2.30. The summed E-state index contributed by atoms with van der Waals surface area (Å²) in [4.78, 5) is 0.428. The van der Waals surface area contributed by atoms with E-state index in [4.69, 9.17) is 9.47 Å². The van der Waals surface area contributed by atoms with Gasteiger partial charge in [0.05, 0.1) is 11.5 Å². The monoisotopic (exact) mass is 517 g/mol. The number of fused-ring (bicyclic) bond motifs is 1. The molecule has 35 heavy (non-hydrogen) atoms. The smallest absolute Gasteiger partial charge is 0.243 e. The van der Waals surface area contributed by atoms with Crippen LogP contribution in [0.4, 0.5) is 4.39 Å². The molecule has 3 aromatic carbocycles. The van der Waals surface area contributed by atoms with Crippen molar-refractivity contribution in [3.8, 4) is 22.6 Å². The van der Waals surface area contributed by atoms with Gasteiger partial charge in [-0.15, -0.1) is 0 Å². The van der Waals surface area contributed by atoms with Gasteiger partial charge in [0.1, 0.15) is 10.6 Å². The van der Waals surface area contributed by atoms with E-state index in [0.29, 0.717) is 43.7 Å². The number of sulfone groups is 1. The highest BCUT2D eigenvalue weighted by atomic mass is 32.2. The summed E-state index contributed by atoms with van der Waals surface area (Å²) in [5.74, 6) is -0.408. The van der Waals surface area contributed by atoms with Crippen molar-refractivity contribution in [2.45, 2.75) is 22.6 Å². The van der Waals surface area contributed by atoms with Crippen LogP contribution in [-0.4, -0.2) is 46.8 Å². The Balaban J connectivity index is 1.20. The molecule has 0 bridgehead atoms. The van der Waals surface area contributed by atoms with Crippen LogP contribution >= 0.6 is 0 Å². The van der Waals surface area contributed by atoms with E-state index in [-0.39, 0.29) is 33.1 Å². The third kappa shape index (κ3) is 4.78. The summed E-state index contributed by atoms with van der Waals surface area (Å²) in [6.07, 6.45) is 1.26. The Morgan fingerprint density at radius 2 is 1.66 bits per heavy atom. The van der Waals surface area contributed by atoms with Gasteiger partial charge in [-0.1, -0.05) is 30.3 Å². The van der Waals surface area contributed by atoms with E-state index in [1.165, 1.54) is 16.4 Å². The third-order valence-corrected chi connectivity index (χ3v) is 9.69. The van der Waals surface area contributed by atoms with Gasteiger partial charge in [-0.25, -0.2) is 21.2 Å². The van der Waals surface area contributed by atoms with Crippen molar-refractivity contribution in [3.05, 3.63) is 72.5 Å². The first-order valence-corrected chi connectivity index (χ1v) is 14.3. The maximum atomic E-state index is 14.8. The van der Waals surface area contributed by atoms with Crippen LogP contribution in [0.15, 0.2) is 76.5 Å². The Morgan fingerprint density at radius 3 is 2.37 bits per heavy atom. The second-order valence-electron chi connectivity index (χ2n) is 8.66. The van der Waals surface area contributed by atoms with Crippen LogP contribution < -0.4 is 9.47 Å². The number of sulfonamides is 1. The van der Waals surface area contributed by atoms with Crippen LogP contribution in [0.25, 0.3) is 11.1 Å². The molecule has 0 atom stereocenters. The number of piperidine rings is 1. The van der Waals surface area contributed by atoms with Gasteiger partial charge < -0.3 is 9.47 Å². The molecule has 0 saturated carbocycles. The van der Waals surface area contributed by atoms with Crippen LogP contribution in [0.2, 0.25) is 0 Å². The van der Waals surface area contributed by atoms with Crippen molar-refractivity contribution >= 4 is 19.9 Å². The molecule has 5 rings (SSSR count). The summed E-state index contributed by atoms with van der Waals surface area (Å²) in [7, 11) is -6.93. The fourth-order valence-corrected chi connectivity index (χ4v) is 6.92. The summed E-state index contributed by atoms with van der Waals surface area (Å²) in [6, 6.07) is 17.7. The molecule has 2 heterocycles. The Labute approximate surface area is 204 Å². The Bertz CT molecular complexity index is 1450. The minimum Gasteiger partial charge on any atom is -0.490 e. The molecule has 0 N–H and O–H groups in total. The topological polar surface area (TPSA) is 90.0 Å². The van der Waals surface area contributed by atoms with E-state index in [1.807, 2.05) is 0 Å². The molecule has 0 aliphatic carbocycles. The molecular weight excluding hydrogens is 493 g/mol. The van der Waals surface area contributed by atoms with E-state index in [2.05, 4.69) is 0 Å². The predicted molar refractivity (Wildman–Crippen MR) is 128 cm³/mol. The number of hydrogen-bond acceptors (Lipinski definition) is 6. The lowest BCUT2D eigenvalue weighted by Crippen LogP contribution is -2.39. The molecule has 0 amide bonds. The zero-order valence-electron chi connectivity index (χ0n) is 18.8. The first kappa shape index (κ1) is 23.8.